The van der Waals surface area contributed by atoms with E-state index in [1.54, 1.807) is 24.3 Å². The Morgan fingerprint density at radius 3 is 2.68 bits per heavy atom. The smallest absolute Gasteiger partial charge is 0.301 e. The van der Waals surface area contributed by atoms with Gasteiger partial charge in [0.1, 0.15) is 5.82 Å². The van der Waals surface area contributed by atoms with Crippen molar-refractivity contribution in [3.63, 3.8) is 0 Å². The molecule has 0 bridgehead atoms. The molecule has 2 rings (SSSR count). The van der Waals surface area contributed by atoms with Crippen molar-refractivity contribution in [1.29, 1.82) is 0 Å². The second kappa shape index (κ2) is 5.87. The number of nitrogen functional groups attached to an aromatic ring is 1. The summed E-state index contributed by atoms with van der Waals surface area (Å²) in [7, 11) is 0. The number of nitrogens with two attached hydrogens (primary N) is 1. The second-order valence-corrected chi connectivity index (χ2v) is 4.89. The fourth-order valence-electron chi connectivity index (χ4n) is 1.36. The van der Waals surface area contributed by atoms with Crippen molar-refractivity contribution in [1.82, 2.24) is 4.98 Å². The average molecular weight is 297 g/mol. The lowest BCUT2D eigenvalue weighted by atomic mass is 10.4. The van der Waals surface area contributed by atoms with Gasteiger partial charge < -0.3 is 5.43 Å². The van der Waals surface area contributed by atoms with Gasteiger partial charge in [-0.2, -0.15) is 0 Å². The van der Waals surface area contributed by atoms with E-state index >= 15 is 0 Å². The van der Waals surface area contributed by atoms with Crippen LogP contribution in [0.2, 0.25) is 5.02 Å². The summed E-state index contributed by atoms with van der Waals surface area (Å²) in [4.78, 5) is 15.2. The summed E-state index contributed by atoms with van der Waals surface area (Å²) in [6, 6.07) is 9.84. The molecule has 3 N–H and O–H groups in total. The largest absolute Gasteiger partial charge is 0.308 e. The number of anilines is 1. The fourth-order valence-corrected chi connectivity index (χ4v) is 2.52. The third kappa shape index (κ3) is 3.14. The number of rotatable bonds is 4. The van der Waals surface area contributed by atoms with Crippen LogP contribution in [-0.4, -0.2) is 9.91 Å². The molecule has 0 radical (unpaired) electrons. The Morgan fingerprint density at radius 1 is 1.32 bits per heavy atom. The summed E-state index contributed by atoms with van der Waals surface area (Å²) in [5.41, 5.74) is 2.26. The van der Waals surface area contributed by atoms with Gasteiger partial charge in [0.15, 0.2) is 5.03 Å². The van der Waals surface area contributed by atoms with Crippen molar-refractivity contribution in [2.45, 2.75) is 9.92 Å². The van der Waals surface area contributed by atoms with Crippen LogP contribution < -0.4 is 11.3 Å². The maximum atomic E-state index is 11.0. The summed E-state index contributed by atoms with van der Waals surface area (Å²) >= 11 is 7.14. The number of nitrogens with zero attached hydrogens (tertiary/aromatic N) is 2. The Labute approximate surface area is 118 Å². The molecule has 98 valence electrons. The van der Waals surface area contributed by atoms with Crippen LogP contribution in [0.15, 0.2) is 46.3 Å². The van der Waals surface area contributed by atoms with Crippen molar-refractivity contribution >= 4 is 34.9 Å². The maximum absolute atomic E-state index is 11.0. The molecule has 2 aromatic rings. The molecule has 1 heterocycles. The zero-order valence-corrected chi connectivity index (χ0v) is 11.1. The van der Waals surface area contributed by atoms with Gasteiger partial charge in [-0.3, -0.25) is 10.1 Å². The van der Waals surface area contributed by atoms with Crippen LogP contribution >= 0.6 is 23.4 Å². The van der Waals surface area contributed by atoms with Crippen LogP contribution in [0.5, 0.6) is 0 Å². The van der Waals surface area contributed by atoms with Gasteiger partial charge in [-0.25, -0.2) is 10.8 Å². The lowest BCUT2D eigenvalue weighted by molar-refractivity contribution is -0.388. The van der Waals surface area contributed by atoms with Crippen LogP contribution in [0.1, 0.15) is 0 Å². The number of aromatic nitrogens is 1. The minimum Gasteiger partial charge on any atom is -0.308 e. The Bertz CT molecular complexity index is 623. The molecule has 6 nitrogen and oxygen atoms in total. The molecular weight excluding hydrogens is 288 g/mol. The molecule has 1 aromatic carbocycles. The van der Waals surface area contributed by atoms with Crippen LogP contribution in [-0.2, 0) is 0 Å². The zero-order chi connectivity index (χ0) is 13.8. The van der Waals surface area contributed by atoms with E-state index in [-0.39, 0.29) is 10.7 Å². The first-order chi connectivity index (χ1) is 9.11. The van der Waals surface area contributed by atoms with Gasteiger partial charge in [0, 0.05) is 11.0 Å². The Morgan fingerprint density at radius 2 is 2.05 bits per heavy atom. The molecule has 0 aliphatic heterocycles. The molecule has 0 saturated heterocycles. The van der Waals surface area contributed by atoms with Crippen molar-refractivity contribution in [2.24, 2.45) is 5.84 Å². The Kier molecular flexibility index (Phi) is 4.20. The standard InChI is InChI=1S/C11H9ClN4O2S/c12-7-3-1-2-4-9(7)19-11-8(16(17)18)5-6-10(14-11)15-13/h1-6H,13H2,(H,14,15). The molecule has 0 unspecified atom stereocenters. The van der Waals surface area contributed by atoms with Crippen LogP contribution in [0.25, 0.3) is 0 Å². The van der Waals surface area contributed by atoms with E-state index in [0.29, 0.717) is 15.7 Å². The highest BCUT2D eigenvalue weighted by Gasteiger charge is 2.18. The lowest BCUT2D eigenvalue weighted by Crippen LogP contribution is -2.09. The number of nitrogens with one attached hydrogen (secondary N) is 1. The van der Waals surface area contributed by atoms with Gasteiger partial charge in [0.05, 0.1) is 9.95 Å². The van der Waals surface area contributed by atoms with E-state index in [9.17, 15) is 10.1 Å². The molecule has 0 aliphatic rings. The van der Waals surface area contributed by atoms with E-state index in [0.717, 1.165) is 11.8 Å². The normalized spacial score (nSPS) is 10.2. The topological polar surface area (TPSA) is 94.1 Å². The van der Waals surface area contributed by atoms with Gasteiger partial charge in [0.25, 0.3) is 0 Å². The minimum absolute atomic E-state index is 0.0936. The van der Waals surface area contributed by atoms with Gasteiger partial charge in [-0.05, 0) is 18.2 Å². The Balaban J connectivity index is 2.43. The summed E-state index contributed by atoms with van der Waals surface area (Å²) in [6.45, 7) is 0. The summed E-state index contributed by atoms with van der Waals surface area (Å²) in [5.74, 6) is 5.60. The molecule has 0 amide bonds. The third-order valence-electron chi connectivity index (χ3n) is 2.23. The van der Waals surface area contributed by atoms with Crippen LogP contribution in [0, 0.1) is 10.1 Å². The molecule has 0 aliphatic carbocycles. The monoisotopic (exact) mass is 296 g/mol. The summed E-state index contributed by atoms with van der Waals surface area (Å²) < 4.78 is 0. The number of hydrogen-bond acceptors (Lipinski definition) is 6. The van der Waals surface area contributed by atoms with E-state index in [2.05, 4.69) is 10.4 Å². The van der Waals surface area contributed by atoms with Crippen molar-refractivity contribution in [3.8, 4) is 0 Å². The van der Waals surface area contributed by atoms with E-state index in [1.807, 2.05) is 0 Å². The highest BCUT2D eigenvalue weighted by atomic mass is 35.5. The first-order valence-corrected chi connectivity index (χ1v) is 6.35. The molecule has 0 fully saturated rings. The predicted molar refractivity (Wildman–Crippen MR) is 74.3 cm³/mol. The summed E-state index contributed by atoms with van der Waals surface area (Å²) in [5, 5.41) is 11.7. The number of pyridine rings is 1. The van der Waals surface area contributed by atoms with Gasteiger partial charge in [0.2, 0.25) is 0 Å². The number of halogens is 1. The molecule has 0 atom stereocenters. The third-order valence-corrected chi connectivity index (χ3v) is 3.74. The summed E-state index contributed by atoms with van der Waals surface area (Å²) in [6.07, 6.45) is 0. The number of hydrazine groups is 1. The van der Waals surface area contributed by atoms with Gasteiger partial charge in [-0.1, -0.05) is 35.5 Å². The van der Waals surface area contributed by atoms with Crippen molar-refractivity contribution in [3.05, 3.63) is 51.5 Å². The highest BCUT2D eigenvalue weighted by Crippen LogP contribution is 2.37. The lowest BCUT2D eigenvalue weighted by Gasteiger charge is -2.06. The molecule has 1 aromatic heterocycles. The molecule has 19 heavy (non-hydrogen) atoms. The quantitative estimate of drug-likeness (QED) is 0.511. The van der Waals surface area contributed by atoms with E-state index < -0.39 is 4.92 Å². The van der Waals surface area contributed by atoms with Crippen molar-refractivity contribution < 1.29 is 4.92 Å². The number of hydrogen-bond donors (Lipinski definition) is 2. The number of nitro groups is 1. The van der Waals surface area contributed by atoms with Crippen molar-refractivity contribution in [2.75, 3.05) is 5.43 Å². The molecule has 0 saturated carbocycles. The zero-order valence-electron chi connectivity index (χ0n) is 9.54. The molecular formula is C11H9ClN4O2S. The fraction of sp³-hybridized carbons (Fsp3) is 0. The Hall–Kier alpha value is -1.83. The molecule has 0 spiro atoms. The first kappa shape index (κ1) is 13.6. The first-order valence-electron chi connectivity index (χ1n) is 5.16. The van der Waals surface area contributed by atoms with E-state index in [1.165, 1.54) is 12.1 Å². The second-order valence-electron chi connectivity index (χ2n) is 3.45. The number of benzene rings is 1. The van der Waals surface area contributed by atoms with Gasteiger partial charge in [-0.15, -0.1) is 0 Å². The van der Waals surface area contributed by atoms with Crippen LogP contribution in [0.3, 0.4) is 0 Å². The predicted octanol–water partition coefficient (Wildman–Crippen LogP) is 3.08. The maximum Gasteiger partial charge on any atom is 0.301 e. The minimum atomic E-state index is -0.494. The average Bonchev–Trinajstić information content (AvgIpc) is 2.41. The molecule has 8 heteroatoms. The highest BCUT2D eigenvalue weighted by molar-refractivity contribution is 7.99. The van der Waals surface area contributed by atoms with Gasteiger partial charge >= 0.3 is 5.69 Å². The van der Waals surface area contributed by atoms with E-state index in [4.69, 9.17) is 17.4 Å². The van der Waals surface area contributed by atoms with Crippen LogP contribution in [0.4, 0.5) is 11.5 Å². The SMILES string of the molecule is NNc1ccc([N+](=O)[O-])c(Sc2ccccc2Cl)n1.